The molecule has 2 nitrogen and oxygen atoms in total. The van der Waals surface area contributed by atoms with Crippen LogP contribution in [0.3, 0.4) is 0 Å². The molecule has 1 N–H and O–H groups in total. The summed E-state index contributed by atoms with van der Waals surface area (Å²) in [4.78, 5) is 4.10. The van der Waals surface area contributed by atoms with Gasteiger partial charge in [-0.3, -0.25) is 0 Å². The second-order valence-corrected chi connectivity index (χ2v) is 5.73. The molecule has 1 aromatic heterocycles. The van der Waals surface area contributed by atoms with Gasteiger partial charge in [0.15, 0.2) is 5.82 Å². The van der Waals surface area contributed by atoms with Gasteiger partial charge in [-0.25, -0.2) is 4.98 Å². The van der Waals surface area contributed by atoms with Crippen LogP contribution in [0, 0.1) is 6.92 Å². The Labute approximate surface area is 128 Å². The normalized spacial score (nSPS) is 10.5. The maximum Gasteiger partial charge on any atom is 0.151 e. The quantitative estimate of drug-likeness (QED) is 0.674. The number of anilines is 2. The molecular formula is C12H8BrCl3N2. The van der Waals surface area contributed by atoms with Crippen molar-refractivity contribution in [2.45, 2.75) is 6.92 Å². The van der Waals surface area contributed by atoms with Crippen molar-refractivity contribution < 1.29 is 0 Å². The molecule has 0 radical (unpaired) electrons. The number of hydrogen-bond donors (Lipinski definition) is 1. The van der Waals surface area contributed by atoms with Crippen molar-refractivity contribution in [3.8, 4) is 0 Å². The number of halogens is 4. The van der Waals surface area contributed by atoms with E-state index in [1.807, 2.05) is 25.1 Å². The Hall–Kier alpha value is -0.480. The lowest BCUT2D eigenvalue weighted by molar-refractivity contribution is 1.30. The minimum Gasteiger partial charge on any atom is -0.338 e. The van der Waals surface area contributed by atoms with Crippen molar-refractivity contribution in [3.63, 3.8) is 0 Å². The third-order valence-corrected chi connectivity index (χ3v) is 3.88. The second kappa shape index (κ2) is 5.66. The summed E-state index contributed by atoms with van der Waals surface area (Å²) in [5, 5.41) is 4.06. The first-order valence-corrected chi connectivity index (χ1v) is 6.95. The van der Waals surface area contributed by atoms with E-state index >= 15 is 0 Å². The number of rotatable bonds is 2. The second-order valence-electron chi connectivity index (χ2n) is 3.70. The molecule has 0 aliphatic rings. The van der Waals surface area contributed by atoms with Crippen LogP contribution in [0.4, 0.5) is 11.5 Å². The van der Waals surface area contributed by atoms with Crippen LogP contribution in [-0.4, -0.2) is 4.98 Å². The van der Waals surface area contributed by atoms with Crippen LogP contribution >= 0.6 is 50.7 Å². The zero-order chi connectivity index (χ0) is 13.3. The van der Waals surface area contributed by atoms with Gasteiger partial charge in [-0.15, -0.1) is 0 Å². The summed E-state index contributed by atoms with van der Waals surface area (Å²) in [6.45, 7) is 2.01. The lowest BCUT2D eigenvalue weighted by Gasteiger charge is -2.10. The molecule has 6 heteroatoms. The molecule has 94 valence electrons. The molecule has 0 saturated heterocycles. The molecule has 2 rings (SSSR count). The van der Waals surface area contributed by atoms with Gasteiger partial charge in [0.05, 0.1) is 15.7 Å². The predicted octanol–water partition coefficient (Wildman–Crippen LogP) is 5.86. The summed E-state index contributed by atoms with van der Waals surface area (Å²) < 4.78 is 0.923. The lowest BCUT2D eigenvalue weighted by Crippen LogP contribution is -1.96. The fraction of sp³-hybridized carbons (Fsp3) is 0.0833. The average Bonchev–Trinajstić information content (AvgIpc) is 2.29. The zero-order valence-electron chi connectivity index (χ0n) is 9.27. The van der Waals surface area contributed by atoms with Crippen molar-refractivity contribution >= 4 is 62.2 Å². The molecule has 0 aliphatic heterocycles. The van der Waals surface area contributed by atoms with E-state index < -0.39 is 0 Å². The van der Waals surface area contributed by atoms with Crippen molar-refractivity contribution in [2.75, 3.05) is 5.32 Å². The molecule has 2 aromatic rings. The average molecular weight is 366 g/mol. The molecule has 0 atom stereocenters. The smallest absolute Gasteiger partial charge is 0.151 e. The van der Waals surface area contributed by atoms with Crippen molar-refractivity contribution in [2.24, 2.45) is 0 Å². The molecule has 0 unspecified atom stereocenters. The largest absolute Gasteiger partial charge is 0.338 e. The van der Waals surface area contributed by atoms with Gasteiger partial charge in [0.25, 0.3) is 0 Å². The summed E-state index contributed by atoms with van der Waals surface area (Å²) in [7, 11) is 0. The molecule has 0 fully saturated rings. The number of nitrogens with zero attached hydrogens (tertiary/aromatic N) is 1. The third-order valence-electron chi connectivity index (χ3n) is 2.26. The SMILES string of the molecule is Cc1ccc(Nc2nc(Cl)c(Cl)cc2Cl)c(Br)c1. The Morgan fingerprint density at radius 3 is 2.50 bits per heavy atom. The van der Waals surface area contributed by atoms with Crippen molar-refractivity contribution in [1.29, 1.82) is 0 Å². The van der Waals surface area contributed by atoms with Crippen LogP contribution in [0.2, 0.25) is 15.2 Å². The fourth-order valence-corrected chi connectivity index (χ4v) is 2.52. The lowest BCUT2D eigenvalue weighted by atomic mass is 10.2. The van der Waals surface area contributed by atoms with Gasteiger partial charge in [0.2, 0.25) is 0 Å². The van der Waals surface area contributed by atoms with Crippen molar-refractivity contribution in [3.05, 3.63) is 49.5 Å². The summed E-state index contributed by atoms with van der Waals surface area (Å²) in [5.41, 5.74) is 2.01. The Balaban J connectivity index is 2.37. The highest BCUT2D eigenvalue weighted by Gasteiger charge is 2.09. The van der Waals surface area contributed by atoms with E-state index in [2.05, 4.69) is 26.2 Å². The monoisotopic (exact) mass is 364 g/mol. The highest BCUT2D eigenvalue weighted by Crippen LogP contribution is 2.33. The first kappa shape index (κ1) is 13.9. The molecule has 1 heterocycles. The molecule has 0 amide bonds. The standard InChI is InChI=1S/C12H8BrCl3N2/c1-6-2-3-10(7(13)4-6)17-12-9(15)5-8(14)11(16)18-12/h2-5H,1H3,(H,17,18). The maximum atomic E-state index is 6.05. The highest BCUT2D eigenvalue weighted by molar-refractivity contribution is 9.10. The van der Waals surface area contributed by atoms with Crippen LogP contribution in [0.5, 0.6) is 0 Å². The number of benzene rings is 1. The van der Waals surface area contributed by atoms with E-state index in [1.54, 1.807) is 6.07 Å². The Kier molecular flexibility index (Phi) is 4.38. The summed E-state index contributed by atoms with van der Waals surface area (Å²) in [6, 6.07) is 7.47. The molecule has 1 aromatic carbocycles. The molecule has 0 spiro atoms. The van der Waals surface area contributed by atoms with Gasteiger partial charge in [0, 0.05) is 4.47 Å². The Morgan fingerprint density at radius 1 is 1.11 bits per heavy atom. The fourth-order valence-electron chi connectivity index (χ4n) is 1.38. The first-order chi connectivity index (χ1) is 8.47. The van der Waals surface area contributed by atoms with Gasteiger partial charge in [0.1, 0.15) is 5.15 Å². The van der Waals surface area contributed by atoms with Crippen LogP contribution in [-0.2, 0) is 0 Å². The van der Waals surface area contributed by atoms with E-state index in [0.717, 1.165) is 15.7 Å². The van der Waals surface area contributed by atoms with Crippen molar-refractivity contribution in [1.82, 2.24) is 4.98 Å². The predicted molar refractivity (Wildman–Crippen MR) is 81.4 cm³/mol. The number of hydrogen-bond acceptors (Lipinski definition) is 2. The van der Waals surface area contributed by atoms with E-state index in [9.17, 15) is 0 Å². The van der Waals surface area contributed by atoms with Gasteiger partial charge in [-0.2, -0.15) is 0 Å². The van der Waals surface area contributed by atoms with Gasteiger partial charge in [-0.05, 0) is 46.6 Å². The van der Waals surface area contributed by atoms with E-state index in [0.29, 0.717) is 15.9 Å². The van der Waals surface area contributed by atoms with Crippen LogP contribution in [0.1, 0.15) is 5.56 Å². The van der Waals surface area contributed by atoms with E-state index in [4.69, 9.17) is 34.8 Å². The summed E-state index contributed by atoms with van der Waals surface area (Å²) in [5.74, 6) is 0.468. The van der Waals surface area contributed by atoms with Crippen LogP contribution < -0.4 is 5.32 Å². The molecule has 0 saturated carbocycles. The number of pyridine rings is 1. The molecule has 0 aliphatic carbocycles. The first-order valence-electron chi connectivity index (χ1n) is 5.02. The maximum absolute atomic E-state index is 6.05. The third kappa shape index (κ3) is 3.09. The van der Waals surface area contributed by atoms with Gasteiger partial charge < -0.3 is 5.32 Å². The van der Waals surface area contributed by atoms with Gasteiger partial charge >= 0.3 is 0 Å². The Morgan fingerprint density at radius 2 is 1.83 bits per heavy atom. The minimum atomic E-state index is 0.215. The number of aryl methyl sites for hydroxylation is 1. The van der Waals surface area contributed by atoms with E-state index in [1.165, 1.54) is 0 Å². The minimum absolute atomic E-state index is 0.215. The number of aromatic nitrogens is 1. The number of nitrogens with one attached hydrogen (secondary N) is 1. The molecule has 18 heavy (non-hydrogen) atoms. The molecule has 0 bridgehead atoms. The van der Waals surface area contributed by atoms with E-state index in [-0.39, 0.29) is 5.15 Å². The van der Waals surface area contributed by atoms with Crippen LogP contribution in [0.15, 0.2) is 28.7 Å². The Bertz CT molecular complexity index is 602. The zero-order valence-corrected chi connectivity index (χ0v) is 13.1. The highest BCUT2D eigenvalue weighted by atomic mass is 79.9. The molecular weight excluding hydrogens is 358 g/mol. The van der Waals surface area contributed by atoms with Crippen LogP contribution in [0.25, 0.3) is 0 Å². The topological polar surface area (TPSA) is 24.9 Å². The summed E-state index contributed by atoms with van der Waals surface area (Å²) in [6.07, 6.45) is 0. The van der Waals surface area contributed by atoms with Gasteiger partial charge in [-0.1, -0.05) is 40.9 Å². The summed E-state index contributed by atoms with van der Waals surface area (Å²) >= 11 is 21.2.